The van der Waals surface area contributed by atoms with E-state index in [0.29, 0.717) is 32.1 Å². The second kappa shape index (κ2) is 7.16. The number of anilines is 1. The fourth-order valence-corrected chi connectivity index (χ4v) is 3.65. The van der Waals surface area contributed by atoms with E-state index < -0.39 is 0 Å². The first kappa shape index (κ1) is 16.6. The fourth-order valence-electron chi connectivity index (χ4n) is 3.47. The summed E-state index contributed by atoms with van der Waals surface area (Å²) in [6, 6.07) is 14.1. The van der Waals surface area contributed by atoms with Gasteiger partial charge in [0.2, 0.25) is 5.91 Å². The zero-order valence-electron chi connectivity index (χ0n) is 13.9. The lowest BCUT2D eigenvalue weighted by atomic mass is 9.95. The van der Waals surface area contributed by atoms with E-state index >= 15 is 0 Å². The number of nitrogens with zero attached hydrogens (tertiary/aromatic N) is 1. The van der Waals surface area contributed by atoms with Crippen LogP contribution in [0.4, 0.5) is 5.69 Å². The lowest BCUT2D eigenvalue weighted by molar-refractivity contribution is -0.119. The molecule has 1 amide bonds. The molecule has 0 spiro atoms. The molecule has 4 nitrogen and oxygen atoms in total. The minimum atomic E-state index is -0.312. The van der Waals surface area contributed by atoms with Crippen molar-refractivity contribution in [2.45, 2.75) is 31.6 Å². The molecule has 0 radical (unpaired) electrons. The first-order valence-corrected chi connectivity index (χ1v) is 9.09. The lowest BCUT2D eigenvalue weighted by Gasteiger charge is -2.31. The second-order valence-corrected chi connectivity index (χ2v) is 6.62. The Morgan fingerprint density at radius 1 is 1.00 bits per heavy atom. The average Bonchev–Trinajstić information content (AvgIpc) is 3.18. The zero-order chi connectivity index (χ0) is 17.2. The molecule has 25 heavy (non-hydrogen) atoms. The summed E-state index contributed by atoms with van der Waals surface area (Å²) in [7, 11) is 0. The monoisotopic (exact) mass is 357 g/mol. The van der Waals surface area contributed by atoms with Gasteiger partial charge in [-0.1, -0.05) is 36.4 Å². The highest BCUT2D eigenvalue weighted by Crippen LogP contribution is 2.36. The normalized spacial score (nSPS) is 17.8. The molecule has 2 aromatic rings. The molecular weight excluding hydrogens is 338 g/mol. The number of hydrogen-bond donors (Lipinski definition) is 0. The SMILES string of the molecule is O=C1CCc2c(C3OCCO3)cccc2N1Cc1ccc(CCl)cc1. The van der Waals surface area contributed by atoms with E-state index in [4.69, 9.17) is 21.1 Å². The highest BCUT2D eigenvalue weighted by molar-refractivity contribution is 6.17. The van der Waals surface area contributed by atoms with Crippen LogP contribution in [-0.2, 0) is 33.1 Å². The van der Waals surface area contributed by atoms with Crippen LogP contribution in [-0.4, -0.2) is 19.1 Å². The fraction of sp³-hybridized carbons (Fsp3) is 0.350. The minimum Gasteiger partial charge on any atom is -0.346 e. The zero-order valence-corrected chi connectivity index (χ0v) is 14.7. The Morgan fingerprint density at radius 2 is 1.72 bits per heavy atom. The maximum Gasteiger partial charge on any atom is 0.227 e. The van der Waals surface area contributed by atoms with Crippen molar-refractivity contribution in [3.05, 3.63) is 64.7 Å². The molecule has 2 aliphatic heterocycles. The van der Waals surface area contributed by atoms with E-state index in [1.54, 1.807) is 0 Å². The molecule has 2 heterocycles. The summed E-state index contributed by atoms with van der Waals surface area (Å²) in [5, 5.41) is 0. The number of ether oxygens (including phenoxy) is 2. The molecule has 0 atom stereocenters. The quantitative estimate of drug-likeness (QED) is 0.778. The van der Waals surface area contributed by atoms with Crippen molar-refractivity contribution in [3.63, 3.8) is 0 Å². The topological polar surface area (TPSA) is 38.8 Å². The summed E-state index contributed by atoms with van der Waals surface area (Å²) in [6.07, 6.45) is 0.930. The maximum atomic E-state index is 12.6. The standard InChI is InChI=1S/C20H20ClNO3/c21-12-14-4-6-15(7-5-14)13-22-18-3-1-2-17(20-24-10-11-25-20)16(18)8-9-19(22)23/h1-7,20H,8-13H2. The molecule has 2 aliphatic rings. The van der Waals surface area contributed by atoms with Gasteiger partial charge in [0.25, 0.3) is 0 Å². The van der Waals surface area contributed by atoms with E-state index in [2.05, 4.69) is 0 Å². The number of alkyl halides is 1. The summed E-state index contributed by atoms with van der Waals surface area (Å²) < 4.78 is 11.3. The highest BCUT2D eigenvalue weighted by Gasteiger charge is 2.29. The molecule has 0 aliphatic carbocycles. The molecule has 0 saturated carbocycles. The number of carbonyl (C=O) groups excluding carboxylic acids is 1. The third-order valence-corrected chi connectivity index (χ3v) is 5.07. The number of halogens is 1. The van der Waals surface area contributed by atoms with Crippen molar-refractivity contribution in [2.75, 3.05) is 18.1 Å². The third kappa shape index (κ3) is 3.30. The molecular formula is C20H20ClNO3. The van der Waals surface area contributed by atoms with Crippen molar-refractivity contribution >= 4 is 23.2 Å². The van der Waals surface area contributed by atoms with Gasteiger partial charge in [-0.3, -0.25) is 4.79 Å². The smallest absolute Gasteiger partial charge is 0.227 e. The predicted molar refractivity (Wildman–Crippen MR) is 96.6 cm³/mol. The molecule has 1 saturated heterocycles. The van der Waals surface area contributed by atoms with E-state index in [-0.39, 0.29) is 12.2 Å². The second-order valence-electron chi connectivity index (χ2n) is 6.35. The Bertz CT molecular complexity index is 769. The van der Waals surface area contributed by atoms with Gasteiger partial charge in [0.1, 0.15) is 0 Å². The summed E-state index contributed by atoms with van der Waals surface area (Å²) in [5.74, 6) is 0.649. The van der Waals surface area contributed by atoms with Gasteiger partial charge in [0.05, 0.1) is 19.8 Å². The minimum absolute atomic E-state index is 0.152. The maximum absolute atomic E-state index is 12.6. The van der Waals surface area contributed by atoms with Crippen LogP contribution in [0.2, 0.25) is 0 Å². The van der Waals surface area contributed by atoms with Gasteiger partial charge in [0.15, 0.2) is 6.29 Å². The lowest BCUT2D eigenvalue weighted by Crippen LogP contribution is -2.35. The van der Waals surface area contributed by atoms with Crippen LogP contribution in [0.15, 0.2) is 42.5 Å². The Balaban J connectivity index is 1.65. The molecule has 4 rings (SSSR count). The number of benzene rings is 2. The van der Waals surface area contributed by atoms with Crippen LogP contribution in [0.3, 0.4) is 0 Å². The number of rotatable bonds is 4. The Labute approximate surface area is 152 Å². The van der Waals surface area contributed by atoms with Crippen molar-refractivity contribution in [1.29, 1.82) is 0 Å². The molecule has 130 valence electrons. The van der Waals surface area contributed by atoms with Gasteiger partial charge in [0, 0.05) is 23.6 Å². The first-order valence-electron chi connectivity index (χ1n) is 8.55. The first-order chi connectivity index (χ1) is 12.3. The predicted octanol–water partition coefficient (Wildman–Crippen LogP) is 3.95. The van der Waals surface area contributed by atoms with E-state index in [1.165, 1.54) is 0 Å². The van der Waals surface area contributed by atoms with Crippen LogP contribution in [0.5, 0.6) is 0 Å². The number of amides is 1. The van der Waals surface area contributed by atoms with Crippen LogP contribution < -0.4 is 4.90 Å². The molecule has 0 aromatic heterocycles. The van der Waals surface area contributed by atoms with E-state index in [1.807, 2.05) is 47.4 Å². The van der Waals surface area contributed by atoms with Crippen molar-refractivity contribution in [2.24, 2.45) is 0 Å². The van der Waals surface area contributed by atoms with Crippen molar-refractivity contribution < 1.29 is 14.3 Å². The molecule has 0 bridgehead atoms. The largest absolute Gasteiger partial charge is 0.346 e. The van der Waals surface area contributed by atoms with Gasteiger partial charge in [-0.15, -0.1) is 11.6 Å². The van der Waals surface area contributed by atoms with Gasteiger partial charge >= 0.3 is 0 Å². The van der Waals surface area contributed by atoms with Crippen LogP contribution >= 0.6 is 11.6 Å². The average molecular weight is 358 g/mol. The Hall–Kier alpha value is -1.88. The molecule has 5 heteroatoms. The number of hydrogen-bond acceptors (Lipinski definition) is 3. The Kier molecular flexibility index (Phi) is 4.75. The molecule has 0 unspecified atom stereocenters. The summed E-state index contributed by atoms with van der Waals surface area (Å²) >= 11 is 5.85. The van der Waals surface area contributed by atoms with Gasteiger partial charge < -0.3 is 14.4 Å². The summed E-state index contributed by atoms with van der Waals surface area (Å²) in [4.78, 5) is 14.4. The van der Waals surface area contributed by atoms with Gasteiger partial charge in [-0.05, 0) is 29.2 Å². The third-order valence-electron chi connectivity index (χ3n) is 4.76. The van der Waals surface area contributed by atoms with E-state index in [9.17, 15) is 4.79 Å². The molecule has 2 aromatic carbocycles. The molecule has 0 N–H and O–H groups in total. The van der Waals surface area contributed by atoms with Crippen molar-refractivity contribution in [3.8, 4) is 0 Å². The van der Waals surface area contributed by atoms with Crippen LogP contribution in [0, 0.1) is 0 Å². The van der Waals surface area contributed by atoms with Gasteiger partial charge in [-0.2, -0.15) is 0 Å². The summed E-state index contributed by atoms with van der Waals surface area (Å²) in [5.41, 5.74) is 5.34. The molecule has 1 fully saturated rings. The number of fused-ring (bicyclic) bond motifs is 1. The van der Waals surface area contributed by atoms with Crippen LogP contribution in [0.25, 0.3) is 0 Å². The number of carbonyl (C=O) groups is 1. The van der Waals surface area contributed by atoms with E-state index in [0.717, 1.165) is 34.4 Å². The van der Waals surface area contributed by atoms with Crippen LogP contribution in [0.1, 0.15) is 35.0 Å². The highest BCUT2D eigenvalue weighted by atomic mass is 35.5. The van der Waals surface area contributed by atoms with Crippen molar-refractivity contribution in [1.82, 2.24) is 0 Å². The van der Waals surface area contributed by atoms with Gasteiger partial charge in [-0.25, -0.2) is 0 Å². The Morgan fingerprint density at radius 3 is 2.44 bits per heavy atom. The summed E-state index contributed by atoms with van der Waals surface area (Å²) in [6.45, 7) is 1.79.